The number of hydrogen-bond donors (Lipinski definition) is 0. The molecule has 2 fully saturated rings. The number of thiazole rings is 1. The predicted octanol–water partition coefficient (Wildman–Crippen LogP) is 5.69. The van der Waals surface area contributed by atoms with Crippen molar-refractivity contribution in [2.75, 3.05) is 19.6 Å². The van der Waals surface area contributed by atoms with Gasteiger partial charge in [-0.25, -0.2) is 23.7 Å². The maximum atomic E-state index is 13.1. The van der Waals surface area contributed by atoms with Crippen LogP contribution in [0, 0.1) is 18.8 Å². The fourth-order valence-electron chi connectivity index (χ4n) is 5.61. The van der Waals surface area contributed by atoms with Gasteiger partial charge in [0, 0.05) is 61.6 Å². The van der Waals surface area contributed by atoms with Crippen molar-refractivity contribution in [3.05, 3.63) is 40.4 Å². The number of hydrogen-bond acceptors (Lipinski definition) is 7. The van der Waals surface area contributed by atoms with Crippen molar-refractivity contribution in [1.29, 1.82) is 0 Å². The minimum atomic E-state index is -2.56. The quantitative estimate of drug-likeness (QED) is 0.388. The zero-order valence-electron chi connectivity index (χ0n) is 21.5. The van der Waals surface area contributed by atoms with Crippen LogP contribution in [0.1, 0.15) is 73.3 Å². The van der Waals surface area contributed by atoms with E-state index >= 15 is 0 Å². The zero-order valence-corrected chi connectivity index (χ0v) is 22.3. The molecule has 0 atom stereocenters. The number of ether oxygens (including phenoxy) is 1. The summed E-state index contributed by atoms with van der Waals surface area (Å²) in [5, 5.41) is 0.564. The molecule has 0 spiro atoms. The van der Waals surface area contributed by atoms with Crippen molar-refractivity contribution in [3.8, 4) is 5.19 Å². The van der Waals surface area contributed by atoms with Crippen molar-refractivity contribution in [2.24, 2.45) is 11.8 Å². The number of rotatable bonds is 9. The van der Waals surface area contributed by atoms with Gasteiger partial charge in [-0.2, -0.15) is 0 Å². The lowest BCUT2D eigenvalue weighted by Gasteiger charge is -2.33. The Balaban J connectivity index is 0.983. The van der Waals surface area contributed by atoms with Crippen LogP contribution < -0.4 is 4.74 Å². The molecule has 200 valence electrons. The van der Waals surface area contributed by atoms with Gasteiger partial charge in [0.2, 0.25) is 0 Å². The molecule has 0 bridgehead atoms. The first-order chi connectivity index (χ1) is 17.8. The van der Waals surface area contributed by atoms with E-state index in [2.05, 4.69) is 19.9 Å². The summed E-state index contributed by atoms with van der Waals surface area (Å²) in [7, 11) is 0. The lowest BCUT2D eigenvalue weighted by Crippen LogP contribution is -2.43. The van der Waals surface area contributed by atoms with Crippen LogP contribution in [0.2, 0.25) is 0 Å². The number of aryl methyl sites for hydroxylation is 1. The highest BCUT2D eigenvalue weighted by atomic mass is 32.1. The standard InChI is InChI=1S/C28H36F2N4O2S/c1-19-31-17-22(18-32-19)6-7-23(35)14-21-4-2-20(3-5-21)8-11-34-12-9-25-26(10-13-34)37-27(33-25)36-24-15-28(29,30)16-24/h6-7,17-18,20-21,24H,2-5,8-16H2,1H3. The van der Waals surface area contributed by atoms with Gasteiger partial charge < -0.3 is 9.64 Å². The van der Waals surface area contributed by atoms with Gasteiger partial charge in [-0.1, -0.05) is 24.2 Å². The molecule has 2 aliphatic carbocycles. The SMILES string of the molecule is Cc1ncc(C=CC(=O)CC2CCC(CCN3CCc4nc(OC5CC(F)(F)C5)sc4CC3)CC2)cn1. The van der Waals surface area contributed by atoms with Gasteiger partial charge in [0.25, 0.3) is 11.1 Å². The van der Waals surface area contributed by atoms with Crippen molar-refractivity contribution in [2.45, 2.75) is 83.2 Å². The van der Waals surface area contributed by atoms with Gasteiger partial charge in [-0.15, -0.1) is 0 Å². The van der Waals surface area contributed by atoms with Crippen LogP contribution in [0.25, 0.3) is 6.08 Å². The van der Waals surface area contributed by atoms with E-state index in [4.69, 9.17) is 4.74 Å². The number of halogens is 2. The van der Waals surface area contributed by atoms with E-state index in [0.29, 0.717) is 17.5 Å². The van der Waals surface area contributed by atoms with Crippen molar-refractivity contribution >= 4 is 23.2 Å². The van der Waals surface area contributed by atoms with Gasteiger partial charge in [0.1, 0.15) is 11.9 Å². The summed E-state index contributed by atoms with van der Waals surface area (Å²) in [6.07, 6.45) is 14.6. The molecule has 3 heterocycles. The number of nitrogens with zero attached hydrogens (tertiary/aromatic N) is 4. The Labute approximate surface area is 221 Å². The van der Waals surface area contributed by atoms with E-state index in [-0.39, 0.29) is 24.7 Å². The van der Waals surface area contributed by atoms with Crippen molar-refractivity contribution in [1.82, 2.24) is 19.9 Å². The monoisotopic (exact) mass is 530 g/mol. The highest BCUT2D eigenvalue weighted by Gasteiger charge is 2.47. The normalized spacial score (nSPS) is 24.4. The molecule has 37 heavy (non-hydrogen) atoms. The average molecular weight is 531 g/mol. The van der Waals surface area contributed by atoms with Gasteiger partial charge >= 0.3 is 0 Å². The Bertz CT molecular complexity index is 1060. The first kappa shape index (κ1) is 26.4. The second kappa shape index (κ2) is 11.6. The second-order valence-corrected chi connectivity index (χ2v) is 12.0. The number of fused-ring (bicyclic) bond motifs is 1. The molecule has 9 heteroatoms. The minimum absolute atomic E-state index is 0.189. The number of ketones is 1. The molecule has 2 aromatic rings. The molecule has 2 aromatic heterocycles. The first-order valence-corrected chi connectivity index (χ1v) is 14.4. The Morgan fingerprint density at radius 2 is 1.84 bits per heavy atom. The van der Waals surface area contributed by atoms with Crippen LogP contribution in [-0.2, 0) is 17.6 Å². The summed E-state index contributed by atoms with van der Waals surface area (Å²) >= 11 is 1.54. The molecular weight excluding hydrogens is 494 g/mol. The number of aromatic nitrogens is 3. The molecular formula is C28H36F2N4O2S. The summed E-state index contributed by atoms with van der Waals surface area (Å²) < 4.78 is 31.8. The molecule has 0 radical (unpaired) electrons. The van der Waals surface area contributed by atoms with E-state index in [1.807, 2.05) is 13.0 Å². The number of allylic oxidation sites excluding steroid dienone is 1. The maximum Gasteiger partial charge on any atom is 0.273 e. The van der Waals surface area contributed by atoms with E-state index < -0.39 is 5.92 Å². The number of carbonyl (C=O) groups is 1. The Morgan fingerprint density at radius 1 is 1.14 bits per heavy atom. The Hall–Kier alpha value is -2.26. The summed E-state index contributed by atoms with van der Waals surface area (Å²) in [5.41, 5.74) is 1.94. The summed E-state index contributed by atoms with van der Waals surface area (Å²) in [4.78, 5) is 29.1. The summed E-state index contributed by atoms with van der Waals surface area (Å²) in [5.74, 6) is -0.417. The van der Waals surface area contributed by atoms with Crippen molar-refractivity contribution in [3.63, 3.8) is 0 Å². The number of alkyl halides is 2. The van der Waals surface area contributed by atoms with Gasteiger partial charge in [0.15, 0.2) is 5.78 Å². The number of carbonyl (C=O) groups excluding carboxylic acids is 1. The molecule has 0 saturated heterocycles. The van der Waals surface area contributed by atoms with Crippen molar-refractivity contribution < 1.29 is 18.3 Å². The largest absolute Gasteiger partial charge is 0.466 e. The van der Waals surface area contributed by atoms with E-state index in [9.17, 15) is 13.6 Å². The van der Waals surface area contributed by atoms with Crippen LogP contribution in [0.4, 0.5) is 8.78 Å². The van der Waals surface area contributed by atoms with E-state index in [1.165, 1.54) is 35.5 Å². The molecule has 0 N–H and O–H groups in total. The predicted molar refractivity (Wildman–Crippen MR) is 140 cm³/mol. The lowest BCUT2D eigenvalue weighted by molar-refractivity contribution is -0.134. The fourth-order valence-corrected chi connectivity index (χ4v) is 6.62. The van der Waals surface area contributed by atoms with Gasteiger partial charge in [0.05, 0.1) is 5.69 Å². The topological polar surface area (TPSA) is 68.2 Å². The molecule has 5 rings (SSSR count). The Kier molecular flexibility index (Phi) is 8.29. The maximum absolute atomic E-state index is 13.1. The molecule has 1 aliphatic heterocycles. The summed E-state index contributed by atoms with van der Waals surface area (Å²) in [6, 6.07) is 0. The van der Waals surface area contributed by atoms with E-state index in [0.717, 1.165) is 68.3 Å². The van der Waals surface area contributed by atoms with Crippen LogP contribution >= 0.6 is 11.3 Å². The van der Waals surface area contributed by atoms with Crippen LogP contribution in [-0.4, -0.2) is 57.3 Å². The average Bonchev–Trinajstić information content (AvgIpc) is 3.14. The minimum Gasteiger partial charge on any atom is -0.466 e. The molecule has 0 amide bonds. The van der Waals surface area contributed by atoms with Crippen LogP contribution in [0.5, 0.6) is 5.19 Å². The third-order valence-corrected chi connectivity index (χ3v) is 9.02. The molecule has 3 aliphatic rings. The summed E-state index contributed by atoms with van der Waals surface area (Å²) in [6.45, 7) is 4.95. The molecule has 6 nitrogen and oxygen atoms in total. The van der Waals surface area contributed by atoms with Crippen LogP contribution in [0.15, 0.2) is 18.5 Å². The smallest absolute Gasteiger partial charge is 0.273 e. The zero-order chi connectivity index (χ0) is 25.8. The molecule has 0 unspecified atom stereocenters. The second-order valence-electron chi connectivity index (χ2n) is 10.9. The molecule has 2 saturated carbocycles. The third kappa shape index (κ3) is 7.41. The highest BCUT2D eigenvalue weighted by Crippen LogP contribution is 2.41. The van der Waals surface area contributed by atoms with E-state index in [1.54, 1.807) is 18.5 Å². The lowest BCUT2D eigenvalue weighted by atomic mass is 9.78. The first-order valence-electron chi connectivity index (χ1n) is 13.6. The van der Waals surface area contributed by atoms with Crippen LogP contribution in [0.3, 0.4) is 0 Å². The molecule has 0 aromatic carbocycles. The van der Waals surface area contributed by atoms with Gasteiger partial charge in [-0.05, 0) is 63.1 Å². The Morgan fingerprint density at radius 3 is 2.57 bits per heavy atom. The fraction of sp³-hybridized carbons (Fsp3) is 0.643. The third-order valence-electron chi connectivity index (χ3n) is 7.97. The van der Waals surface area contributed by atoms with Gasteiger partial charge in [-0.3, -0.25) is 4.79 Å². The highest BCUT2D eigenvalue weighted by molar-refractivity contribution is 7.13.